The molecule has 0 unspecified atom stereocenters. The van der Waals surface area contributed by atoms with Gasteiger partial charge in [-0.2, -0.15) is 0 Å². The minimum Gasteiger partial charge on any atom is -0.497 e. The molecule has 3 rings (SSSR count). The number of likely N-dealkylation sites (tertiary alicyclic amines) is 1. The first-order valence-electron chi connectivity index (χ1n) is 10.4. The minimum absolute atomic E-state index is 0.0808. The summed E-state index contributed by atoms with van der Waals surface area (Å²) in [4.78, 5) is 30.1. The third-order valence-corrected chi connectivity index (χ3v) is 5.84. The van der Waals surface area contributed by atoms with Crippen molar-refractivity contribution in [2.75, 3.05) is 40.4 Å². The van der Waals surface area contributed by atoms with Gasteiger partial charge >= 0.3 is 0 Å². The third kappa shape index (κ3) is 4.42. The summed E-state index contributed by atoms with van der Waals surface area (Å²) in [5.41, 5.74) is 1.58. The summed E-state index contributed by atoms with van der Waals surface area (Å²) < 4.78 is 10.6. The summed E-state index contributed by atoms with van der Waals surface area (Å²) in [7, 11) is 3.21. The third-order valence-electron chi connectivity index (χ3n) is 5.84. The number of hydrogen-bond acceptors (Lipinski definition) is 4. The monoisotopic (exact) mass is 410 g/mol. The van der Waals surface area contributed by atoms with Crippen molar-refractivity contribution in [3.8, 4) is 11.5 Å². The van der Waals surface area contributed by atoms with Crippen molar-refractivity contribution in [3.63, 3.8) is 0 Å². The Balaban J connectivity index is 1.92. The highest BCUT2D eigenvalue weighted by Crippen LogP contribution is 2.36. The summed E-state index contributed by atoms with van der Waals surface area (Å²) in [6.45, 7) is 6.15. The summed E-state index contributed by atoms with van der Waals surface area (Å²) in [6, 6.07) is 14.9. The van der Waals surface area contributed by atoms with Crippen molar-refractivity contribution in [1.82, 2.24) is 9.80 Å². The maximum atomic E-state index is 13.3. The first-order valence-corrected chi connectivity index (χ1v) is 10.4. The Morgan fingerprint density at radius 3 is 2.23 bits per heavy atom. The van der Waals surface area contributed by atoms with Gasteiger partial charge in [-0.15, -0.1) is 0 Å². The molecular weight excluding hydrogens is 380 g/mol. The van der Waals surface area contributed by atoms with Gasteiger partial charge in [0.2, 0.25) is 5.91 Å². The molecule has 2 amide bonds. The zero-order chi connectivity index (χ0) is 21.7. The fraction of sp³-hybridized carbons (Fsp3) is 0.417. The maximum absolute atomic E-state index is 13.3. The highest BCUT2D eigenvalue weighted by molar-refractivity contribution is 5.95. The summed E-state index contributed by atoms with van der Waals surface area (Å²) in [5.74, 6) is 1.03. The predicted molar refractivity (Wildman–Crippen MR) is 116 cm³/mol. The molecule has 2 aromatic carbocycles. The molecule has 1 aliphatic rings. The molecule has 30 heavy (non-hydrogen) atoms. The van der Waals surface area contributed by atoms with Crippen LogP contribution in [0, 0.1) is 5.92 Å². The van der Waals surface area contributed by atoms with Crippen molar-refractivity contribution in [2.24, 2.45) is 5.92 Å². The fourth-order valence-corrected chi connectivity index (χ4v) is 4.14. The van der Waals surface area contributed by atoms with Crippen LogP contribution in [0.15, 0.2) is 48.5 Å². The van der Waals surface area contributed by atoms with Gasteiger partial charge in [0.1, 0.15) is 11.5 Å². The van der Waals surface area contributed by atoms with Crippen molar-refractivity contribution < 1.29 is 19.1 Å². The summed E-state index contributed by atoms with van der Waals surface area (Å²) in [5, 5.41) is 0. The quantitative estimate of drug-likeness (QED) is 0.702. The summed E-state index contributed by atoms with van der Waals surface area (Å²) in [6.07, 6.45) is 0. The number of carbonyl (C=O) groups excluding carboxylic acids is 2. The first-order chi connectivity index (χ1) is 14.5. The molecule has 6 nitrogen and oxygen atoms in total. The van der Waals surface area contributed by atoms with Gasteiger partial charge < -0.3 is 19.3 Å². The average molecular weight is 411 g/mol. The molecule has 2 aromatic rings. The molecule has 1 fully saturated rings. The van der Waals surface area contributed by atoms with Crippen LogP contribution < -0.4 is 9.47 Å². The van der Waals surface area contributed by atoms with Crippen LogP contribution in [0.25, 0.3) is 0 Å². The van der Waals surface area contributed by atoms with E-state index in [0.29, 0.717) is 37.5 Å². The second kappa shape index (κ2) is 9.65. The number of carbonyl (C=O) groups is 2. The van der Waals surface area contributed by atoms with Crippen molar-refractivity contribution in [3.05, 3.63) is 59.7 Å². The van der Waals surface area contributed by atoms with Crippen molar-refractivity contribution in [2.45, 2.75) is 19.8 Å². The van der Waals surface area contributed by atoms with Gasteiger partial charge in [0.25, 0.3) is 5.91 Å². The van der Waals surface area contributed by atoms with E-state index in [-0.39, 0.29) is 23.7 Å². The van der Waals surface area contributed by atoms with Crippen molar-refractivity contribution in [1.29, 1.82) is 0 Å². The molecule has 0 bridgehead atoms. The SMILES string of the molecule is CCN(CC)C(=O)[C@@H]1CN(C(=O)c2cccc(OC)c2)C[C@H]1c1cccc(OC)c1. The molecule has 1 saturated heterocycles. The normalized spacial score (nSPS) is 18.2. The number of amides is 2. The highest BCUT2D eigenvalue weighted by Gasteiger charge is 2.42. The Morgan fingerprint density at radius 2 is 1.60 bits per heavy atom. The highest BCUT2D eigenvalue weighted by atomic mass is 16.5. The number of hydrogen-bond donors (Lipinski definition) is 0. The fourth-order valence-electron chi connectivity index (χ4n) is 4.14. The molecule has 0 radical (unpaired) electrons. The van der Waals surface area contributed by atoms with Crippen LogP contribution in [-0.4, -0.2) is 62.0 Å². The second-order valence-electron chi connectivity index (χ2n) is 7.44. The van der Waals surface area contributed by atoms with E-state index in [2.05, 4.69) is 0 Å². The standard InChI is InChI=1S/C24H30N2O4/c1-5-25(6-2)24(28)22-16-26(23(27)18-10-8-12-20(14-18)30-4)15-21(22)17-9-7-11-19(13-17)29-3/h7-14,21-22H,5-6,15-16H2,1-4H3/t21-,22+/m0/s1. The van der Waals surface area contributed by atoms with Gasteiger partial charge in [0.05, 0.1) is 20.1 Å². The molecular formula is C24H30N2O4. The van der Waals surface area contributed by atoms with E-state index in [1.54, 1.807) is 37.3 Å². The van der Waals surface area contributed by atoms with Crippen LogP contribution in [0.4, 0.5) is 0 Å². The lowest BCUT2D eigenvalue weighted by molar-refractivity contribution is -0.135. The molecule has 0 aliphatic carbocycles. The smallest absolute Gasteiger partial charge is 0.254 e. The minimum atomic E-state index is -0.286. The zero-order valence-electron chi connectivity index (χ0n) is 18.1. The predicted octanol–water partition coefficient (Wildman–Crippen LogP) is 3.43. The Kier molecular flexibility index (Phi) is 6.98. The molecule has 160 valence electrons. The lowest BCUT2D eigenvalue weighted by Gasteiger charge is -2.26. The first kappa shape index (κ1) is 21.7. The van der Waals surface area contributed by atoms with Crippen LogP contribution in [0.1, 0.15) is 35.7 Å². The van der Waals surface area contributed by atoms with Crippen LogP contribution in [0.5, 0.6) is 11.5 Å². The Labute approximate surface area is 178 Å². The lowest BCUT2D eigenvalue weighted by Crippen LogP contribution is -2.39. The number of ether oxygens (including phenoxy) is 2. The van der Waals surface area contributed by atoms with E-state index < -0.39 is 0 Å². The molecule has 0 saturated carbocycles. The van der Waals surface area contributed by atoms with Gasteiger partial charge in [-0.25, -0.2) is 0 Å². The zero-order valence-corrected chi connectivity index (χ0v) is 18.1. The van der Waals surface area contributed by atoms with Gasteiger partial charge in [0, 0.05) is 37.7 Å². The van der Waals surface area contributed by atoms with Gasteiger partial charge in [0.15, 0.2) is 0 Å². The van der Waals surface area contributed by atoms with Crippen molar-refractivity contribution >= 4 is 11.8 Å². The number of benzene rings is 2. The van der Waals surface area contributed by atoms with Gasteiger partial charge in [-0.1, -0.05) is 18.2 Å². The van der Waals surface area contributed by atoms with E-state index in [4.69, 9.17) is 9.47 Å². The average Bonchev–Trinajstić information content (AvgIpc) is 3.25. The van der Waals surface area contributed by atoms with Crippen LogP contribution >= 0.6 is 0 Å². The molecule has 0 spiro atoms. The molecule has 2 atom stereocenters. The van der Waals surface area contributed by atoms with Crippen LogP contribution in [0.2, 0.25) is 0 Å². The maximum Gasteiger partial charge on any atom is 0.254 e. The molecule has 0 N–H and O–H groups in total. The Hall–Kier alpha value is -3.02. The molecule has 1 aliphatic heterocycles. The van der Waals surface area contributed by atoms with E-state index in [9.17, 15) is 9.59 Å². The topological polar surface area (TPSA) is 59.1 Å². The van der Waals surface area contributed by atoms with Gasteiger partial charge in [-0.05, 0) is 49.7 Å². The van der Waals surface area contributed by atoms with Crippen LogP contribution in [0.3, 0.4) is 0 Å². The number of methoxy groups -OCH3 is 2. The number of nitrogens with zero attached hydrogens (tertiary/aromatic N) is 2. The van der Waals surface area contributed by atoms with Crippen LogP contribution in [-0.2, 0) is 4.79 Å². The lowest BCUT2D eigenvalue weighted by atomic mass is 9.88. The number of rotatable bonds is 7. The summed E-state index contributed by atoms with van der Waals surface area (Å²) >= 11 is 0. The Morgan fingerprint density at radius 1 is 0.967 bits per heavy atom. The largest absolute Gasteiger partial charge is 0.497 e. The van der Waals surface area contributed by atoms with Gasteiger partial charge in [-0.3, -0.25) is 9.59 Å². The molecule has 6 heteroatoms. The molecule has 0 aromatic heterocycles. The van der Waals surface area contributed by atoms with E-state index >= 15 is 0 Å². The second-order valence-corrected chi connectivity index (χ2v) is 7.44. The van der Waals surface area contributed by atoms with E-state index in [1.807, 2.05) is 49.1 Å². The van der Waals surface area contributed by atoms with E-state index in [0.717, 1.165) is 11.3 Å². The Bertz CT molecular complexity index is 894. The molecule has 1 heterocycles. The van der Waals surface area contributed by atoms with E-state index in [1.165, 1.54) is 0 Å².